The number of unbranched alkanes of at least 4 members (excludes halogenated alkanes) is 3. The first-order chi connectivity index (χ1) is 8.72. The molecule has 1 aromatic rings. The normalized spacial score (nSPS) is 11.4. The summed E-state index contributed by atoms with van der Waals surface area (Å²) < 4.78 is 0. The first-order valence-corrected chi connectivity index (χ1v) is 6.67. The van der Waals surface area contributed by atoms with Gasteiger partial charge >= 0.3 is 0 Å². The average molecular weight is 242 g/mol. The molecule has 0 aliphatic rings. The van der Waals surface area contributed by atoms with Crippen LogP contribution in [0.4, 0.5) is 0 Å². The summed E-state index contributed by atoms with van der Waals surface area (Å²) >= 11 is 0. The lowest BCUT2D eigenvalue weighted by Gasteiger charge is -1.94. The van der Waals surface area contributed by atoms with E-state index < -0.39 is 0 Å². The van der Waals surface area contributed by atoms with Gasteiger partial charge < -0.3 is 0 Å². The third kappa shape index (κ3) is 6.19. The van der Waals surface area contributed by atoms with Crippen LogP contribution in [0.15, 0.2) is 42.5 Å². The minimum Gasteiger partial charge on any atom is -0.290 e. The van der Waals surface area contributed by atoms with Crippen molar-refractivity contribution in [2.45, 2.75) is 39.5 Å². The highest BCUT2D eigenvalue weighted by atomic mass is 16.1. The molecular weight excluding hydrogens is 220 g/mol. The third-order valence-corrected chi connectivity index (χ3v) is 2.74. The Hall–Kier alpha value is -1.63. The molecule has 0 amide bonds. The SMILES string of the molecule is CCCCC/C=C\C(=O)/C=C/c1cccc(C)c1. The molecule has 0 N–H and O–H groups in total. The second-order valence-corrected chi connectivity index (χ2v) is 4.55. The molecule has 0 aliphatic heterocycles. The molecule has 0 spiro atoms. The van der Waals surface area contributed by atoms with Gasteiger partial charge in [-0.15, -0.1) is 0 Å². The van der Waals surface area contributed by atoms with E-state index in [1.807, 2.05) is 37.3 Å². The maximum absolute atomic E-state index is 11.6. The van der Waals surface area contributed by atoms with Gasteiger partial charge in [0.25, 0.3) is 0 Å². The van der Waals surface area contributed by atoms with Crippen molar-refractivity contribution in [1.29, 1.82) is 0 Å². The highest BCUT2D eigenvalue weighted by Gasteiger charge is 1.91. The van der Waals surface area contributed by atoms with Crippen LogP contribution in [0.25, 0.3) is 6.08 Å². The summed E-state index contributed by atoms with van der Waals surface area (Å²) in [6.45, 7) is 4.23. The van der Waals surface area contributed by atoms with Gasteiger partial charge in [0.2, 0.25) is 0 Å². The molecule has 0 radical (unpaired) electrons. The maximum Gasteiger partial charge on any atom is 0.178 e. The zero-order chi connectivity index (χ0) is 13.2. The van der Waals surface area contributed by atoms with Crippen LogP contribution in [-0.4, -0.2) is 5.78 Å². The van der Waals surface area contributed by atoms with Crippen LogP contribution in [0.1, 0.15) is 43.7 Å². The van der Waals surface area contributed by atoms with Crippen molar-refractivity contribution in [3.8, 4) is 0 Å². The number of hydrogen-bond donors (Lipinski definition) is 0. The van der Waals surface area contributed by atoms with Crippen LogP contribution < -0.4 is 0 Å². The van der Waals surface area contributed by atoms with Gasteiger partial charge in [-0.3, -0.25) is 4.79 Å². The Labute approximate surface area is 110 Å². The summed E-state index contributed by atoms with van der Waals surface area (Å²) in [7, 11) is 0. The number of aryl methyl sites for hydroxylation is 1. The van der Waals surface area contributed by atoms with Crippen molar-refractivity contribution >= 4 is 11.9 Å². The fraction of sp³-hybridized carbons (Fsp3) is 0.353. The van der Waals surface area contributed by atoms with Crippen molar-refractivity contribution in [2.75, 3.05) is 0 Å². The van der Waals surface area contributed by atoms with Gasteiger partial charge in [-0.05, 0) is 37.5 Å². The molecule has 1 nitrogen and oxygen atoms in total. The van der Waals surface area contributed by atoms with Crippen molar-refractivity contribution in [2.24, 2.45) is 0 Å². The minimum absolute atomic E-state index is 0.0630. The molecule has 0 atom stereocenters. The first kappa shape index (κ1) is 14.4. The van der Waals surface area contributed by atoms with Crippen LogP contribution in [0.5, 0.6) is 0 Å². The highest BCUT2D eigenvalue weighted by molar-refractivity contribution is 6.01. The van der Waals surface area contributed by atoms with Gasteiger partial charge in [0, 0.05) is 0 Å². The predicted molar refractivity (Wildman–Crippen MR) is 78.5 cm³/mol. The smallest absolute Gasteiger partial charge is 0.178 e. The number of ketones is 1. The number of hydrogen-bond acceptors (Lipinski definition) is 1. The van der Waals surface area contributed by atoms with E-state index in [1.165, 1.54) is 24.8 Å². The summed E-state index contributed by atoms with van der Waals surface area (Å²) in [6.07, 6.45) is 11.8. The van der Waals surface area contributed by atoms with Gasteiger partial charge in [-0.1, -0.05) is 61.7 Å². The molecule has 0 saturated carbocycles. The second-order valence-electron chi connectivity index (χ2n) is 4.55. The maximum atomic E-state index is 11.6. The summed E-state index contributed by atoms with van der Waals surface area (Å²) in [5.74, 6) is 0.0630. The lowest BCUT2D eigenvalue weighted by molar-refractivity contribution is -0.110. The Morgan fingerprint density at radius 3 is 2.78 bits per heavy atom. The van der Waals surface area contributed by atoms with E-state index in [1.54, 1.807) is 12.2 Å². The van der Waals surface area contributed by atoms with E-state index in [0.717, 1.165) is 12.0 Å². The first-order valence-electron chi connectivity index (χ1n) is 6.67. The van der Waals surface area contributed by atoms with Crippen molar-refractivity contribution in [3.63, 3.8) is 0 Å². The molecule has 0 fully saturated rings. The van der Waals surface area contributed by atoms with Gasteiger partial charge in [0.1, 0.15) is 0 Å². The summed E-state index contributed by atoms with van der Waals surface area (Å²) in [5.41, 5.74) is 2.28. The topological polar surface area (TPSA) is 17.1 Å². The Morgan fingerprint density at radius 2 is 2.06 bits per heavy atom. The number of carbonyl (C=O) groups excluding carboxylic acids is 1. The Kier molecular flexibility index (Phi) is 6.78. The van der Waals surface area contributed by atoms with Gasteiger partial charge in [-0.2, -0.15) is 0 Å². The Morgan fingerprint density at radius 1 is 1.22 bits per heavy atom. The van der Waals surface area contributed by atoms with Crippen LogP contribution in [0.2, 0.25) is 0 Å². The molecule has 96 valence electrons. The number of rotatable bonds is 7. The number of carbonyl (C=O) groups is 1. The molecule has 0 aromatic heterocycles. The molecule has 0 aliphatic carbocycles. The predicted octanol–water partition coefficient (Wildman–Crippen LogP) is 4.71. The van der Waals surface area contributed by atoms with E-state index in [4.69, 9.17) is 0 Å². The summed E-state index contributed by atoms with van der Waals surface area (Å²) in [6, 6.07) is 8.11. The largest absolute Gasteiger partial charge is 0.290 e. The summed E-state index contributed by atoms with van der Waals surface area (Å²) in [4.78, 5) is 11.6. The molecule has 1 rings (SSSR count). The van der Waals surface area contributed by atoms with E-state index >= 15 is 0 Å². The monoisotopic (exact) mass is 242 g/mol. The van der Waals surface area contributed by atoms with Crippen LogP contribution >= 0.6 is 0 Å². The quantitative estimate of drug-likeness (QED) is 0.499. The summed E-state index contributed by atoms with van der Waals surface area (Å²) in [5, 5.41) is 0. The van der Waals surface area contributed by atoms with Crippen molar-refractivity contribution in [1.82, 2.24) is 0 Å². The molecule has 1 heteroatoms. The Balaban J connectivity index is 2.40. The fourth-order valence-electron chi connectivity index (χ4n) is 1.72. The lowest BCUT2D eigenvalue weighted by Crippen LogP contribution is -1.85. The third-order valence-electron chi connectivity index (χ3n) is 2.74. The van der Waals surface area contributed by atoms with Crippen LogP contribution in [-0.2, 0) is 4.79 Å². The van der Waals surface area contributed by atoms with E-state index in [-0.39, 0.29) is 5.78 Å². The highest BCUT2D eigenvalue weighted by Crippen LogP contribution is 2.06. The minimum atomic E-state index is 0.0630. The molecule has 18 heavy (non-hydrogen) atoms. The van der Waals surface area contributed by atoms with Crippen LogP contribution in [0, 0.1) is 6.92 Å². The zero-order valence-electron chi connectivity index (χ0n) is 11.4. The fourth-order valence-corrected chi connectivity index (χ4v) is 1.72. The zero-order valence-corrected chi connectivity index (χ0v) is 11.4. The average Bonchev–Trinajstić information content (AvgIpc) is 2.36. The molecule has 0 unspecified atom stereocenters. The standard InChI is InChI=1S/C17H22O/c1-3-4-5-6-7-11-17(18)13-12-16-10-8-9-15(2)14-16/h7-14H,3-6H2,1-2H3/b11-7-,13-12+. The molecule has 1 aromatic carbocycles. The van der Waals surface area contributed by atoms with E-state index in [0.29, 0.717) is 0 Å². The molecule has 0 bridgehead atoms. The molecule has 0 heterocycles. The molecule has 0 saturated heterocycles. The van der Waals surface area contributed by atoms with Gasteiger partial charge in [0.05, 0.1) is 0 Å². The molecular formula is C17H22O. The number of benzene rings is 1. The van der Waals surface area contributed by atoms with Crippen molar-refractivity contribution < 1.29 is 4.79 Å². The van der Waals surface area contributed by atoms with E-state index in [2.05, 4.69) is 13.0 Å². The van der Waals surface area contributed by atoms with Crippen LogP contribution in [0.3, 0.4) is 0 Å². The van der Waals surface area contributed by atoms with E-state index in [9.17, 15) is 4.79 Å². The Bertz CT molecular complexity index is 427. The van der Waals surface area contributed by atoms with Gasteiger partial charge in [0.15, 0.2) is 5.78 Å². The number of allylic oxidation sites excluding steroid dienone is 3. The lowest BCUT2D eigenvalue weighted by atomic mass is 10.1. The van der Waals surface area contributed by atoms with Gasteiger partial charge in [-0.25, -0.2) is 0 Å². The second kappa shape index (κ2) is 8.46. The van der Waals surface area contributed by atoms with Crippen molar-refractivity contribution in [3.05, 3.63) is 53.6 Å².